The molecule has 3 aromatic rings. The fourth-order valence-electron chi connectivity index (χ4n) is 5.09. The Labute approximate surface area is 262 Å². The van der Waals surface area contributed by atoms with E-state index in [9.17, 15) is 18.0 Å². The minimum absolute atomic E-state index is 0.00579. The maximum Gasteiger partial charge on any atom is 0.264 e. The molecule has 0 radical (unpaired) electrons. The second kappa shape index (κ2) is 14.1. The lowest BCUT2D eigenvalue weighted by Crippen LogP contribution is -2.53. The molecule has 1 aliphatic carbocycles. The summed E-state index contributed by atoms with van der Waals surface area (Å²) in [5.74, 6) is -0.821. The van der Waals surface area contributed by atoms with Crippen LogP contribution in [0, 0.1) is 6.92 Å². The molecule has 1 saturated carbocycles. The molecule has 0 heterocycles. The van der Waals surface area contributed by atoms with Gasteiger partial charge in [-0.1, -0.05) is 78.3 Å². The SMILES string of the molecule is CC[C@H](C(=O)NC1CCCC1)N(Cc1ccc(Cl)cc1Cl)C(=O)CN(c1ccc(C)cc1)S(=O)(=O)c1ccc(Cl)cc1. The Morgan fingerprint density at radius 3 is 2.14 bits per heavy atom. The first-order valence-corrected chi connectivity index (χ1v) is 16.5. The summed E-state index contributed by atoms with van der Waals surface area (Å²) in [4.78, 5) is 29.1. The number of anilines is 1. The zero-order valence-corrected chi connectivity index (χ0v) is 26.6. The van der Waals surface area contributed by atoms with Crippen molar-refractivity contribution >= 4 is 62.3 Å². The number of carbonyl (C=O) groups is 2. The van der Waals surface area contributed by atoms with Gasteiger partial charge in [-0.05, 0) is 80.3 Å². The van der Waals surface area contributed by atoms with Crippen molar-refractivity contribution in [2.75, 3.05) is 10.8 Å². The Kier molecular flexibility index (Phi) is 10.8. The van der Waals surface area contributed by atoms with Crippen LogP contribution < -0.4 is 9.62 Å². The Morgan fingerprint density at radius 1 is 0.929 bits per heavy atom. The molecule has 1 fully saturated rings. The Bertz CT molecular complexity index is 1510. The predicted octanol–water partition coefficient (Wildman–Crippen LogP) is 7.02. The Morgan fingerprint density at radius 2 is 1.55 bits per heavy atom. The third kappa shape index (κ3) is 7.78. The summed E-state index contributed by atoms with van der Waals surface area (Å²) in [6.45, 7) is 3.17. The average Bonchev–Trinajstić information content (AvgIpc) is 3.46. The minimum Gasteiger partial charge on any atom is -0.352 e. The lowest BCUT2D eigenvalue weighted by Gasteiger charge is -2.34. The highest BCUT2D eigenvalue weighted by Gasteiger charge is 2.34. The van der Waals surface area contributed by atoms with Crippen LogP contribution in [0.25, 0.3) is 0 Å². The standard InChI is InChI=1S/C31H34Cl3N3O4S/c1-3-29(31(39)35-25-6-4-5-7-25)36(19-22-10-11-24(33)18-28(22)34)30(38)20-37(26-14-8-21(2)9-15-26)42(40,41)27-16-12-23(32)13-17-27/h8-18,25,29H,3-7,19-20H2,1-2H3,(H,35,39)/t29-/m1/s1. The van der Waals surface area contributed by atoms with E-state index >= 15 is 0 Å². The summed E-state index contributed by atoms with van der Waals surface area (Å²) in [5, 5.41) is 4.26. The molecule has 1 N–H and O–H groups in total. The van der Waals surface area contributed by atoms with Crippen LogP contribution in [0.2, 0.25) is 15.1 Å². The van der Waals surface area contributed by atoms with Crippen molar-refractivity contribution in [1.82, 2.24) is 10.2 Å². The summed E-state index contributed by atoms with van der Waals surface area (Å²) < 4.78 is 28.9. The van der Waals surface area contributed by atoms with Crippen molar-refractivity contribution in [2.24, 2.45) is 0 Å². The number of nitrogens with zero attached hydrogens (tertiary/aromatic N) is 2. The number of carbonyl (C=O) groups excluding carboxylic acids is 2. The number of halogens is 3. The van der Waals surface area contributed by atoms with E-state index in [0.717, 1.165) is 35.6 Å². The fraction of sp³-hybridized carbons (Fsp3) is 0.355. The average molecular weight is 651 g/mol. The zero-order valence-electron chi connectivity index (χ0n) is 23.5. The van der Waals surface area contributed by atoms with Gasteiger partial charge in [-0.3, -0.25) is 13.9 Å². The van der Waals surface area contributed by atoms with Crippen molar-refractivity contribution in [3.05, 3.63) is 92.9 Å². The number of amides is 2. The van der Waals surface area contributed by atoms with Crippen LogP contribution in [-0.2, 0) is 26.2 Å². The van der Waals surface area contributed by atoms with Gasteiger partial charge >= 0.3 is 0 Å². The maximum atomic E-state index is 14.2. The van der Waals surface area contributed by atoms with E-state index in [1.165, 1.54) is 29.2 Å². The number of hydrogen-bond acceptors (Lipinski definition) is 4. The first-order chi connectivity index (χ1) is 20.0. The molecule has 0 aliphatic heterocycles. The zero-order chi connectivity index (χ0) is 30.4. The number of benzene rings is 3. The smallest absolute Gasteiger partial charge is 0.264 e. The fourth-order valence-corrected chi connectivity index (χ4v) is 7.10. The molecule has 11 heteroatoms. The van der Waals surface area contributed by atoms with E-state index in [1.807, 2.05) is 13.8 Å². The van der Waals surface area contributed by atoms with Crippen molar-refractivity contribution in [3.63, 3.8) is 0 Å². The second-order valence-electron chi connectivity index (χ2n) is 10.5. The van der Waals surface area contributed by atoms with Crippen molar-refractivity contribution in [1.29, 1.82) is 0 Å². The number of rotatable bonds is 11. The van der Waals surface area contributed by atoms with Gasteiger partial charge in [0.2, 0.25) is 11.8 Å². The van der Waals surface area contributed by atoms with Gasteiger partial charge in [-0.25, -0.2) is 8.42 Å². The third-order valence-electron chi connectivity index (χ3n) is 7.45. The van der Waals surface area contributed by atoms with Crippen LogP contribution >= 0.6 is 34.8 Å². The van der Waals surface area contributed by atoms with E-state index < -0.39 is 28.5 Å². The highest BCUT2D eigenvalue weighted by molar-refractivity contribution is 7.92. The Balaban J connectivity index is 1.73. The first kappa shape index (κ1) is 32.1. The van der Waals surface area contributed by atoms with E-state index in [-0.39, 0.29) is 23.4 Å². The molecule has 4 rings (SSSR count). The summed E-state index contributed by atoms with van der Waals surface area (Å²) in [7, 11) is -4.19. The Hall–Kier alpha value is -2.78. The topological polar surface area (TPSA) is 86.8 Å². The predicted molar refractivity (Wildman–Crippen MR) is 169 cm³/mol. The first-order valence-electron chi connectivity index (χ1n) is 13.9. The molecule has 1 atom stereocenters. The lowest BCUT2D eigenvalue weighted by atomic mass is 10.1. The quantitative estimate of drug-likeness (QED) is 0.242. The maximum absolute atomic E-state index is 14.2. The minimum atomic E-state index is -4.19. The van der Waals surface area contributed by atoms with Crippen LogP contribution in [0.3, 0.4) is 0 Å². The molecule has 0 spiro atoms. The lowest BCUT2D eigenvalue weighted by molar-refractivity contribution is -0.140. The summed E-state index contributed by atoms with van der Waals surface area (Å²) in [6, 6.07) is 16.8. The molecule has 3 aromatic carbocycles. The van der Waals surface area contributed by atoms with Crippen LogP contribution in [-0.4, -0.2) is 43.8 Å². The van der Waals surface area contributed by atoms with Gasteiger partial charge in [0.25, 0.3) is 10.0 Å². The molecule has 0 bridgehead atoms. The highest BCUT2D eigenvalue weighted by Crippen LogP contribution is 2.28. The van der Waals surface area contributed by atoms with Gasteiger partial charge in [-0.2, -0.15) is 0 Å². The van der Waals surface area contributed by atoms with Crippen LogP contribution in [0.1, 0.15) is 50.2 Å². The molecular formula is C31H34Cl3N3O4S. The van der Waals surface area contributed by atoms with E-state index in [2.05, 4.69) is 5.32 Å². The largest absolute Gasteiger partial charge is 0.352 e. The molecule has 42 heavy (non-hydrogen) atoms. The normalized spacial score (nSPS) is 14.4. The molecule has 0 aromatic heterocycles. The number of aryl methyl sites for hydroxylation is 1. The van der Waals surface area contributed by atoms with E-state index in [4.69, 9.17) is 34.8 Å². The van der Waals surface area contributed by atoms with E-state index in [1.54, 1.807) is 42.5 Å². The third-order valence-corrected chi connectivity index (χ3v) is 10.1. The van der Waals surface area contributed by atoms with Crippen LogP contribution in [0.5, 0.6) is 0 Å². The molecule has 224 valence electrons. The van der Waals surface area contributed by atoms with Crippen molar-refractivity contribution in [3.8, 4) is 0 Å². The van der Waals surface area contributed by atoms with Gasteiger partial charge in [0, 0.05) is 27.7 Å². The number of sulfonamides is 1. The van der Waals surface area contributed by atoms with Gasteiger partial charge < -0.3 is 10.2 Å². The van der Waals surface area contributed by atoms with Gasteiger partial charge in [0.1, 0.15) is 12.6 Å². The molecule has 1 aliphatic rings. The molecule has 0 saturated heterocycles. The molecule has 2 amide bonds. The van der Waals surface area contributed by atoms with Crippen LogP contribution in [0.4, 0.5) is 5.69 Å². The molecule has 0 unspecified atom stereocenters. The second-order valence-corrected chi connectivity index (χ2v) is 13.6. The van der Waals surface area contributed by atoms with Gasteiger partial charge in [0.05, 0.1) is 10.6 Å². The van der Waals surface area contributed by atoms with Gasteiger partial charge in [0.15, 0.2) is 0 Å². The molecule has 7 nitrogen and oxygen atoms in total. The monoisotopic (exact) mass is 649 g/mol. The van der Waals surface area contributed by atoms with Crippen LogP contribution in [0.15, 0.2) is 71.6 Å². The van der Waals surface area contributed by atoms with Gasteiger partial charge in [-0.15, -0.1) is 0 Å². The van der Waals surface area contributed by atoms with Crippen molar-refractivity contribution in [2.45, 2.75) is 69.5 Å². The van der Waals surface area contributed by atoms with E-state index in [0.29, 0.717) is 32.7 Å². The number of nitrogens with one attached hydrogen (secondary N) is 1. The highest BCUT2D eigenvalue weighted by atomic mass is 35.5. The van der Waals surface area contributed by atoms with Crippen molar-refractivity contribution < 1.29 is 18.0 Å². The summed E-state index contributed by atoms with van der Waals surface area (Å²) in [5.41, 5.74) is 1.84. The summed E-state index contributed by atoms with van der Waals surface area (Å²) in [6.07, 6.45) is 4.18. The summed E-state index contributed by atoms with van der Waals surface area (Å²) >= 11 is 18.6. The number of hydrogen-bond donors (Lipinski definition) is 1. The molecular weight excluding hydrogens is 617 g/mol.